The van der Waals surface area contributed by atoms with E-state index in [1.54, 1.807) is 17.0 Å². The second-order valence-corrected chi connectivity index (χ2v) is 7.46. The quantitative estimate of drug-likeness (QED) is 0.738. The Morgan fingerprint density at radius 1 is 1.36 bits per heavy atom. The number of carbonyl (C=O) groups is 1. The Hall–Kier alpha value is -2.08. The highest BCUT2D eigenvalue weighted by Crippen LogP contribution is 2.29. The standard InChI is InChI=1S/C18H20ClFN2O3/c1-18(2,3)25-17(23)22-7-6-13(10-22)24-16-14-9-12(20)5-4-11(14)8-15(19)21-16/h4-5,8-9,13H,6-7,10H2,1-3H3. The number of rotatable bonds is 2. The van der Waals surface area contributed by atoms with Crippen molar-refractivity contribution < 1.29 is 18.7 Å². The smallest absolute Gasteiger partial charge is 0.410 e. The van der Waals surface area contributed by atoms with Gasteiger partial charge < -0.3 is 14.4 Å². The van der Waals surface area contributed by atoms with Crippen molar-refractivity contribution >= 4 is 28.5 Å². The summed E-state index contributed by atoms with van der Waals surface area (Å²) in [6.07, 6.45) is 0.0306. The normalized spacial score (nSPS) is 17.8. The van der Waals surface area contributed by atoms with Gasteiger partial charge in [-0.1, -0.05) is 17.7 Å². The molecule has 1 saturated heterocycles. The number of pyridine rings is 1. The molecule has 0 saturated carbocycles. The third-order valence-corrected chi connectivity index (χ3v) is 4.00. The maximum absolute atomic E-state index is 13.6. The highest BCUT2D eigenvalue weighted by atomic mass is 35.5. The van der Waals surface area contributed by atoms with Crippen molar-refractivity contribution in [3.8, 4) is 5.88 Å². The molecule has 1 atom stereocenters. The minimum Gasteiger partial charge on any atom is -0.472 e. The first-order valence-electron chi connectivity index (χ1n) is 8.12. The van der Waals surface area contributed by atoms with E-state index in [1.165, 1.54) is 12.1 Å². The average Bonchev–Trinajstić information content (AvgIpc) is 2.95. The molecule has 0 bridgehead atoms. The Bertz CT molecular complexity index is 807. The first-order valence-corrected chi connectivity index (χ1v) is 8.49. The van der Waals surface area contributed by atoms with E-state index in [9.17, 15) is 9.18 Å². The van der Waals surface area contributed by atoms with Gasteiger partial charge in [0.25, 0.3) is 0 Å². The fourth-order valence-corrected chi connectivity index (χ4v) is 2.92. The Kier molecular flexibility index (Phi) is 4.73. The van der Waals surface area contributed by atoms with Crippen molar-refractivity contribution in [3.05, 3.63) is 35.2 Å². The lowest BCUT2D eigenvalue weighted by molar-refractivity contribution is 0.0275. The molecular formula is C18H20ClFN2O3. The van der Waals surface area contributed by atoms with E-state index in [1.807, 2.05) is 20.8 Å². The van der Waals surface area contributed by atoms with E-state index in [4.69, 9.17) is 21.1 Å². The van der Waals surface area contributed by atoms with Gasteiger partial charge in [-0.2, -0.15) is 0 Å². The summed E-state index contributed by atoms with van der Waals surface area (Å²) >= 11 is 6.03. The topological polar surface area (TPSA) is 51.7 Å². The molecule has 1 aromatic heterocycles. The molecule has 0 radical (unpaired) electrons. The maximum atomic E-state index is 13.6. The summed E-state index contributed by atoms with van der Waals surface area (Å²) in [4.78, 5) is 17.9. The number of amides is 1. The lowest BCUT2D eigenvalue weighted by Gasteiger charge is -2.24. The van der Waals surface area contributed by atoms with Crippen LogP contribution in [0.1, 0.15) is 27.2 Å². The van der Waals surface area contributed by atoms with Crippen molar-refractivity contribution in [3.63, 3.8) is 0 Å². The molecular weight excluding hydrogens is 347 g/mol. The molecule has 0 N–H and O–H groups in total. The van der Waals surface area contributed by atoms with Gasteiger partial charge in [0.2, 0.25) is 5.88 Å². The van der Waals surface area contributed by atoms with E-state index in [0.29, 0.717) is 24.9 Å². The van der Waals surface area contributed by atoms with Crippen LogP contribution in [0.4, 0.5) is 9.18 Å². The van der Waals surface area contributed by atoms with E-state index in [-0.39, 0.29) is 29.0 Å². The highest BCUT2D eigenvalue weighted by molar-refractivity contribution is 6.30. The van der Waals surface area contributed by atoms with Crippen molar-refractivity contribution in [2.24, 2.45) is 0 Å². The summed E-state index contributed by atoms with van der Waals surface area (Å²) in [5.74, 6) is -0.0960. The lowest BCUT2D eigenvalue weighted by Crippen LogP contribution is -2.36. The van der Waals surface area contributed by atoms with Crippen molar-refractivity contribution in [1.29, 1.82) is 0 Å². The first-order chi connectivity index (χ1) is 11.7. The highest BCUT2D eigenvalue weighted by Gasteiger charge is 2.31. The number of fused-ring (bicyclic) bond motifs is 1. The third kappa shape index (κ3) is 4.31. The largest absolute Gasteiger partial charge is 0.472 e. The number of hydrogen-bond acceptors (Lipinski definition) is 4. The molecule has 134 valence electrons. The van der Waals surface area contributed by atoms with Crippen LogP contribution in [0.15, 0.2) is 24.3 Å². The van der Waals surface area contributed by atoms with Crippen LogP contribution in [0, 0.1) is 5.82 Å². The molecule has 3 rings (SSSR count). The van der Waals surface area contributed by atoms with Gasteiger partial charge in [-0.25, -0.2) is 14.2 Å². The first kappa shape index (κ1) is 17.7. The zero-order chi connectivity index (χ0) is 18.2. The van der Waals surface area contributed by atoms with Crippen molar-refractivity contribution in [1.82, 2.24) is 9.88 Å². The maximum Gasteiger partial charge on any atom is 0.410 e. The van der Waals surface area contributed by atoms with Crippen LogP contribution in [0.3, 0.4) is 0 Å². The summed E-state index contributed by atoms with van der Waals surface area (Å²) in [5, 5.41) is 1.58. The molecule has 5 nitrogen and oxygen atoms in total. The van der Waals surface area contributed by atoms with Gasteiger partial charge in [-0.05, 0) is 44.4 Å². The van der Waals surface area contributed by atoms with Crippen LogP contribution in [0.2, 0.25) is 5.15 Å². The van der Waals surface area contributed by atoms with Crippen LogP contribution in [0.5, 0.6) is 5.88 Å². The third-order valence-electron chi connectivity index (χ3n) is 3.80. The van der Waals surface area contributed by atoms with Gasteiger partial charge in [-0.15, -0.1) is 0 Å². The summed E-state index contributed by atoms with van der Waals surface area (Å²) in [6.45, 7) is 6.40. The second-order valence-electron chi connectivity index (χ2n) is 7.07. The number of halogens is 2. The van der Waals surface area contributed by atoms with Gasteiger partial charge in [-0.3, -0.25) is 0 Å². The zero-order valence-corrected chi connectivity index (χ0v) is 15.1. The predicted molar refractivity (Wildman–Crippen MR) is 93.6 cm³/mol. The number of hydrogen-bond donors (Lipinski definition) is 0. The number of nitrogens with zero attached hydrogens (tertiary/aromatic N) is 2. The van der Waals surface area contributed by atoms with Gasteiger partial charge >= 0.3 is 6.09 Å². The molecule has 1 fully saturated rings. The monoisotopic (exact) mass is 366 g/mol. The van der Waals surface area contributed by atoms with E-state index in [2.05, 4.69) is 4.98 Å². The molecule has 0 aliphatic carbocycles. The number of likely N-dealkylation sites (tertiary alicyclic amines) is 1. The van der Waals surface area contributed by atoms with Gasteiger partial charge in [0.15, 0.2) is 0 Å². The minimum absolute atomic E-state index is 0.245. The summed E-state index contributed by atoms with van der Waals surface area (Å²) in [5.41, 5.74) is -0.543. The number of ether oxygens (including phenoxy) is 2. The SMILES string of the molecule is CC(C)(C)OC(=O)N1CCC(Oc2nc(Cl)cc3ccc(F)cc23)C1. The van der Waals surface area contributed by atoms with E-state index in [0.717, 1.165) is 5.39 Å². The predicted octanol–water partition coefficient (Wildman–Crippen LogP) is 4.42. The molecule has 2 aromatic rings. The van der Waals surface area contributed by atoms with Crippen molar-refractivity contribution in [2.75, 3.05) is 13.1 Å². The fourth-order valence-electron chi connectivity index (χ4n) is 2.72. The molecule has 25 heavy (non-hydrogen) atoms. The van der Waals surface area contributed by atoms with E-state index >= 15 is 0 Å². The Balaban J connectivity index is 1.75. The molecule has 1 amide bonds. The van der Waals surface area contributed by atoms with Crippen LogP contribution < -0.4 is 4.74 Å². The summed E-state index contributed by atoms with van der Waals surface area (Å²) < 4.78 is 24.9. The molecule has 1 aliphatic heterocycles. The molecule has 1 aromatic carbocycles. The van der Waals surface area contributed by atoms with Gasteiger partial charge in [0.1, 0.15) is 22.7 Å². The summed E-state index contributed by atoms with van der Waals surface area (Å²) in [7, 11) is 0. The lowest BCUT2D eigenvalue weighted by atomic mass is 10.1. The van der Waals surface area contributed by atoms with Crippen LogP contribution in [-0.4, -0.2) is 40.8 Å². The number of carbonyl (C=O) groups excluding carboxylic acids is 1. The van der Waals surface area contributed by atoms with Gasteiger partial charge in [0.05, 0.1) is 6.54 Å². The summed E-state index contributed by atoms with van der Waals surface area (Å²) in [6, 6.07) is 6.02. The zero-order valence-electron chi connectivity index (χ0n) is 14.4. The number of benzene rings is 1. The molecule has 7 heteroatoms. The molecule has 0 spiro atoms. The molecule has 2 heterocycles. The van der Waals surface area contributed by atoms with Crippen LogP contribution >= 0.6 is 11.6 Å². The Labute approximate surface area is 150 Å². The molecule has 1 aliphatic rings. The number of aromatic nitrogens is 1. The second kappa shape index (κ2) is 6.67. The van der Waals surface area contributed by atoms with E-state index < -0.39 is 5.60 Å². The molecule has 1 unspecified atom stereocenters. The van der Waals surface area contributed by atoms with Crippen LogP contribution in [0.25, 0.3) is 10.8 Å². The van der Waals surface area contributed by atoms with Gasteiger partial charge in [0, 0.05) is 18.4 Å². The Morgan fingerprint density at radius 2 is 2.12 bits per heavy atom. The average molecular weight is 367 g/mol. The van der Waals surface area contributed by atoms with Crippen molar-refractivity contribution in [2.45, 2.75) is 38.9 Å². The minimum atomic E-state index is -0.543. The van der Waals surface area contributed by atoms with Crippen LogP contribution in [-0.2, 0) is 4.74 Å². The fraction of sp³-hybridized carbons (Fsp3) is 0.444. The Morgan fingerprint density at radius 3 is 2.84 bits per heavy atom.